The molecule has 1 aliphatic rings. The average Bonchev–Trinajstić information content (AvgIpc) is 3.17. The van der Waals surface area contributed by atoms with Gasteiger partial charge in [-0.2, -0.15) is 9.47 Å². The molecule has 1 N–H and O–H groups in total. The molecule has 20 heavy (non-hydrogen) atoms. The van der Waals surface area contributed by atoms with Crippen molar-refractivity contribution in [2.45, 2.75) is 32.2 Å². The molecule has 1 aliphatic carbocycles. The van der Waals surface area contributed by atoms with Gasteiger partial charge >= 0.3 is 0 Å². The molecule has 0 unspecified atom stereocenters. The molecule has 0 saturated heterocycles. The summed E-state index contributed by atoms with van der Waals surface area (Å²) in [6.07, 6.45) is 2.22. The maximum absolute atomic E-state index is 11.9. The molecule has 0 spiro atoms. The minimum absolute atomic E-state index is 0.0731. The van der Waals surface area contributed by atoms with E-state index in [4.69, 9.17) is 0 Å². The highest BCUT2D eigenvalue weighted by Crippen LogP contribution is 2.38. The van der Waals surface area contributed by atoms with Crippen molar-refractivity contribution < 1.29 is 4.79 Å². The van der Waals surface area contributed by atoms with Crippen LogP contribution in [0.3, 0.4) is 0 Å². The molecule has 1 fully saturated rings. The van der Waals surface area contributed by atoms with Gasteiger partial charge in [-0.25, -0.2) is 4.68 Å². The average molecular weight is 290 g/mol. The summed E-state index contributed by atoms with van der Waals surface area (Å²) >= 11 is 1.22. The van der Waals surface area contributed by atoms with Crippen LogP contribution in [0.25, 0.3) is 0 Å². The number of nitrogens with zero attached hydrogens (tertiary/aromatic N) is 3. The lowest BCUT2D eigenvalue weighted by Crippen LogP contribution is -2.29. The fourth-order valence-electron chi connectivity index (χ4n) is 1.91. The molecule has 0 bridgehead atoms. The Labute approximate surface area is 119 Å². The van der Waals surface area contributed by atoms with Crippen LogP contribution in [-0.2, 0) is 11.3 Å². The third-order valence-electron chi connectivity index (χ3n) is 3.07. The van der Waals surface area contributed by atoms with E-state index < -0.39 is 0 Å². The van der Waals surface area contributed by atoms with E-state index in [1.807, 2.05) is 6.92 Å². The lowest BCUT2D eigenvalue weighted by molar-refractivity contribution is -0.117. The van der Waals surface area contributed by atoms with E-state index >= 15 is 0 Å². The van der Waals surface area contributed by atoms with Gasteiger partial charge in [0.1, 0.15) is 11.5 Å². The number of aryl methyl sites for hydroxylation is 1. The summed E-state index contributed by atoms with van der Waals surface area (Å²) in [5, 5.41) is 7.65. The minimum atomic E-state index is -0.267. The van der Waals surface area contributed by atoms with Crippen molar-refractivity contribution in [2.75, 3.05) is 5.32 Å². The molecule has 1 saturated carbocycles. The van der Waals surface area contributed by atoms with Gasteiger partial charge in [-0.05, 0) is 43.4 Å². The van der Waals surface area contributed by atoms with Crippen LogP contribution >= 0.6 is 11.5 Å². The number of amides is 1. The van der Waals surface area contributed by atoms with Crippen molar-refractivity contribution >= 4 is 22.4 Å². The molecule has 0 aromatic carbocycles. The normalized spacial score (nSPS) is 14.2. The first-order valence-electron chi connectivity index (χ1n) is 6.43. The van der Waals surface area contributed by atoms with Crippen LogP contribution in [0.2, 0.25) is 0 Å². The standard InChI is InChI=1S/C13H14N4O2S/c1-8-6-12(20-16-8)14-11(18)7-17-13(19)5-4-10(15-17)9-2-3-9/h4-6,9H,2-3,7H2,1H3,(H,14,18). The zero-order chi connectivity index (χ0) is 14.1. The van der Waals surface area contributed by atoms with E-state index in [1.165, 1.54) is 22.3 Å². The Morgan fingerprint density at radius 2 is 2.30 bits per heavy atom. The Hall–Kier alpha value is -2.02. The van der Waals surface area contributed by atoms with Crippen molar-refractivity contribution in [1.82, 2.24) is 14.2 Å². The Morgan fingerprint density at radius 3 is 2.95 bits per heavy atom. The highest BCUT2D eigenvalue weighted by molar-refractivity contribution is 7.10. The third kappa shape index (κ3) is 2.93. The number of nitrogens with one attached hydrogen (secondary N) is 1. The Bertz CT molecular complexity index is 702. The summed E-state index contributed by atoms with van der Waals surface area (Å²) in [6.45, 7) is 1.79. The van der Waals surface area contributed by atoms with Crippen LogP contribution in [0.1, 0.15) is 30.1 Å². The summed E-state index contributed by atoms with van der Waals surface area (Å²) in [4.78, 5) is 23.6. The number of aromatic nitrogens is 3. The van der Waals surface area contributed by atoms with Crippen LogP contribution in [-0.4, -0.2) is 20.1 Å². The highest BCUT2D eigenvalue weighted by Gasteiger charge is 2.25. The van der Waals surface area contributed by atoms with E-state index in [9.17, 15) is 9.59 Å². The fraction of sp³-hybridized carbons (Fsp3) is 0.385. The van der Waals surface area contributed by atoms with Gasteiger partial charge in [0.15, 0.2) is 0 Å². The summed E-state index contributed by atoms with van der Waals surface area (Å²) < 4.78 is 5.30. The topological polar surface area (TPSA) is 76.9 Å². The molecule has 0 atom stereocenters. The second-order valence-corrected chi connectivity index (χ2v) is 5.71. The van der Waals surface area contributed by atoms with E-state index in [1.54, 1.807) is 12.1 Å². The first-order valence-corrected chi connectivity index (χ1v) is 7.20. The highest BCUT2D eigenvalue weighted by atomic mass is 32.1. The molecule has 7 heteroatoms. The van der Waals surface area contributed by atoms with Crippen LogP contribution < -0.4 is 10.9 Å². The summed E-state index contributed by atoms with van der Waals surface area (Å²) in [5.41, 5.74) is 1.49. The van der Waals surface area contributed by atoms with Gasteiger partial charge in [-0.1, -0.05) is 0 Å². The Kier molecular flexibility index (Phi) is 3.35. The van der Waals surface area contributed by atoms with Gasteiger partial charge < -0.3 is 5.32 Å². The molecule has 3 rings (SSSR count). The van der Waals surface area contributed by atoms with Gasteiger partial charge in [0.25, 0.3) is 5.56 Å². The first-order chi connectivity index (χ1) is 9.61. The molecule has 104 valence electrons. The molecular formula is C13H14N4O2S. The quantitative estimate of drug-likeness (QED) is 0.926. The third-order valence-corrected chi connectivity index (χ3v) is 3.86. The Morgan fingerprint density at radius 1 is 1.50 bits per heavy atom. The molecule has 2 aromatic rings. The van der Waals surface area contributed by atoms with Crippen molar-refractivity contribution in [3.63, 3.8) is 0 Å². The van der Waals surface area contributed by atoms with Crippen LogP contribution in [0.4, 0.5) is 5.00 Å². The fourth-order valence-corrected chi connectivity index (χ4v) is 2.59. The SMILES string of the molecule is Cc1cc(NC(=O)Cn2nc(C3CC3)ccc2=O)sn1. The predicted molar refractivity (Wildman–Crippen MR) is 76.0 cm³/mol. The van der Waals surface area contributed by atoms with E-state index in [-0.39, 0.29) is 18.0 Å². The van der Waals surface area contributed by atoms with Gasteiger partial charge in [0, 0.05) is 12.0 Å². The second kappa shape index (κ2) is 5.16. The van der Waals surface area contributed by atoms with Gasteiger partial charge in [0.2, 0.25) is 5.91 Å². The van der Waals surface area contributed by atoms with Crippen molar-refractivity contribution in [2.24, 2.45) is 0 Å². The van der Waals surface area contributed by atoms with Crippen LogP contribution in [0.15, 0.2) is 23.0 Å². The largest absolute Gasteiger partial charge is 0.315 e. The molecule has 2 heterocycles. The van der Waals surface area contributed by atoms with Crippen molar-refractivity contribution in [1.29, 1.82) is 0 Å². The van der Waals surface area contributed by atoms with E-state index in [0.717, 1.165) is 24.2 Å². The zero-order valence-electron chi connectivity index (χ0n) is 11.0. The molecule has 0 aliphatic heterocycles. The Balaban J connectivity index is 1.71. The smallest absolute Gasteiger partial charge is 0.267 e. The van der Waals surface area contributed by atoms with Gasteiger partial charge in [0.05, 0.1) is 11.4 Å². The maximum atomic E-state index is 11.9. The lowest BCUT2D eigenvalue weighted by Gasteiger charge is -2.06. The number of hydrogen-bond donors (Lipinski definition) is 1. The van der Waals surface area contributed by atoms with Crippen molar-refractivity contribution in [3.05, 3.63) is 39.9 Å². The maximum Gasteiger partial charge on any atom is 0.267 e. The molecule has 2 aromatic heterocycles. The van der Waals surface area contributed by atoms with Gasteiger partial charge in [-0.15, -0.1) is 0 Å². The molecule has 0 radical (unpaired) electrons. The predicted octanol–water partition coefficient (Wildman–Crippen LogP) is 1.52. The second-order valence-electron chi connectivity index (χ2n) is 4.91. The number of carbonyl (C=O) groups excluding carboxylic acids is 1. The summed E-state index contributed by atoms with van der Waals surface area (Å²) in [5.74, 6) is 0.185. The monoisotopic (exact) mass is 290 g/mol. The molecule has 1 amide bonds. The number of carbonyl (C=O) groups is 1. The number of anilines is 1. The molecular weight excluding hydrogens is 276 g/mol. The molecule has 6 nitrogen and oxygen atoms in total. The van der Waals surface area contributed by atoms with Crippen LogP contribution in [0.5, 0.6) is 0 Å². The summed E-state index contributed by atoms with van der Waals surface area (Å²) in [7, 11) is 0. The summed E-state index contributed by atoms with van der Waals surface area (Å²) in [6, 6.07) is 5.02. The van der Waals surface area contributed by atoms with Gasteiger partial charge in [-0.3, -0.25) is 9.59 Å². The zero-order valence-corrected chi connectivity index (χ0v) is 11.8. The van der Waals surface area contributed by atoms with E-state index in [2.05, 4.69) is 14.8 Å². The van der Waals surface area contributed by atoms with E-state index in [0.29, 0.717) is 10.9 Å². The lowest BCUT2D eigenvalue weighted by atomic mass is 10.3. The number of rotatable bonds is 4. The number of hydrogen-bond acceptors (Lipinski definition) is 5. The minimum Gasteiger partial charge on any atom is -0.315 e. The van der Waals surface area contributed by atoms with Crippen molar-refractivity contribution in [3.8, 4) is 0 Å². The first kappa shape index (κ1) is 13.0. The van der Waals surface area contributed by atoms with Crippen LogP contribution in [0, 0.1) is 6.92 Å².